The van der Waals surface area contributed by atoms with Gasteiger partial charge in [-0.3, -0.25) is 0 Å². The van der Waals surface area contributed by atoms with Gasteiger partial charge in [-0.25, -0.2) is 13.8 Å². The second-order valence-corrected chi connectivity index (χ2v) is 3.95. The molecule has 1 heterocycles. The predicted molar refractivity (Wildman–Crippen MR) is 66.9 cm³/mol. The molecule has 0 aliphatic heterocycles. The van der Waals surface area contributed by atoms with Gasteiger partial charge in [0.1, 0.15) is 29.0 Å². The van der Waals surface area contributed by atoms with Crippen LogP contribution in [0.4, 0.5) is 14.6 Å². The quantitative estimate of drug-likeness (QED) is 0.850. The van der Waals surface area contributed by atoms with Crippen molar-refractivity contribution >= 4 is 5.82 Å². The molecule has 0 saturated heterocycles. The first-order valence-electron chi connectivity index (χ1n) is 5.43. The maximum absolute atomic E-state index is 13.2. The number of nitrogen functional groups attached to an aromatic ring is 1. The Balaban J connectivity index is 2.57. The Labute approximate surface area is 104 Å². The lowest BCUT2D eigenvalue weighted by Gasteiger charge is -2.04. The van der Waals surface area contributed by atoms with Gasteiger partial charge < -0.3 is 10.3 Å². The summed E-state index contributed by atoms with van der Waals surface area (Å²) >= 11 is 0. The van der Waals surface area contributed by atoms with E-state index in [4.69, 9.17) is 5.73 Å². The van der Waals surface area contributed by atoms with Crippen LogP contribution in [0.25, 0.3) is 11.3 Å². The van der Waals surface area contributed by atoms with Gasteiger partial charge >= 0.3 is 0 Å². The molecule has 0 spiro atoms. The molecule has 94 valence electrons. The number of aryl methyl sites for hydroxylation is 1. The molecular formula is C13H13F2N3. The number of anilines is 1. The van der Waals surface area contributed by atoms with Crippen molar-refractivity contribution in [2.45, 2.75) is 13.5 Å². The molecule has 2 rings (SSSR count). The fraction of sp³-hybridized carbons (Fsp3) is 0.154. The third-order valence-corrected chi connectivity index (χ3v) is 2.65. The average molecular weight is 249 g/mol. The minimum absolute atomic E-state index is 0.330. The van der Waals surface area contributed by atoms with Gasteiger partial charge in [-0.05, 0) is 19.1 Å². The van der Waals surface area contributed by atoms with Crippen LogP contribution in [0.1, 0.15) is 5.82 Å². The SMILES string of the molecule is C=CCn1c(C)nc(-c2cc(F)cc(F)c2)c1N. The van der Waals surface area contributed by atoms with Crippen molar-refractivity contribution in [3.05, 3.63) is 48.3 Å². The summed E-state index contributed by atoms with van der Waals surface area (Å²) in [5, 5.41) is 0. The van der Waals surface area contributed by atoms with E-state index >= 15 is 0 Å². The van der Waals surface area contributed by atoms with Gasteiger partial charge in [0.25, 0.3) is 0 Å². The summed E-state index contributed by atoms with van der Waals surface area (Å²) in [6.45, 7) is 5.90. The second kappa shape index (κ2) is 4.60. The summed E-state index contributed by atoms with van der Waals surface area (Å²) in [5.41, 5.74) is 6.64. The summed E-state index contributed by atoms with van der Waals surface area (Å²) in [4.78, 5) is 4.24. The summed E-state index contributed by atoms with van der Waals surface area (Å²) in [6.07, 6.45) is 1.68. The summed E-state index contributed by atoms with van der Waals surface area (Å²) in [7, 11) is 0. The van der Waals surface area contributed by atoms with Crippen molar-refractivity contribution in [3.8, 4) is 11.3 Å². The van der Waals surface area contributed by atoms with E-state index in [9.17, 15) is 8.78 Å². The topological polar surface area (TPSA) is 43.8 Å². The molecule has 0 amide bonds. The van der Waals surface area contributed by atoms with Crippen molar-refractivity contribution in [2.75, 3.05) is 5.73 Å². The van der Waals surface area contributed by atoms with E-state index in [1.165, 1.54) is 12.1 Å². The zero-order valence-electron chi connectivity index (χ0n) is 9.95. The largest absolute Gasteiger partial charge is 0.383 e. The van der Waals surface area contributed by atoms with Gasteiger partial charge in [0, 0.05) is 18.2 Å². The average Bonchev–Trinajstić information content (AvgIpc) is 2.56. The van der Waals surface area contributed by atoms with Gasteiger partial charge in [-0.2, -0.15) is 0 Å². The van der Waals surface area contributed by atoms with Gasteiger partial charge in [0.2, 0.25) is 0 Å². The smallest absolute Gasteiger partial charge is 0.132 e. The molecular weight excluding hydrogens is 236 g/mol. The number of imidazole rings is 1. The van der Waals surface area contributed by atoms with E-state index in [-0.39, 0.29) is 0 Å². The lowest BCUT2D eigenvalue weighted by Crippen LogP contribution is -2.03. The molecule has 0 aliphatic carbocycles. The molecule has 5 heteroatoms. The molecule has 0 radical (unpaired) electrons. The zero-order valence-corrected chi connectivity index (χ0v) is 9.95. The highest BCUT2D eigenvalue weighted by Gasteiger charge is 2.14. The van der Waals surface area contributed by atoms with Crippen LogP contribution in [0.2, 0.25) is 0 Å². The molecule has 0 atom stereocenters. The number of halogens is 2. The molecule has 2 N–H and O–H groups in total. The van der Waals surface area contributed by atoms with Gasteiger partial charge in [-0.1, -0.05) is 6.08 Å². The van der Waals surface area contributed by atoms with Crippen molar-refractivity contribution < 1.29 is 8.78 Å². The number of hydrogen-bond acceptors (Lipinski definition) is 2. The van der Waals surface area contributed by atoms with E-state index in [1.807, 2.05) is 0 Å². The van der Waals surface area contributed by atoms with E-state index in [2.05, 4.69) is 11.6 Å². The maximum atomic E-state index is 13.2. The number of aromatic nitrogens is 2. The summed E-state index contributed by atoms with van der Waals surface area (Å²) in [5.74, 6) is -0.259. The fourth-order valence-corrected chi connectivity index (χ4v) is 1.84. The van der Waals surface area contributed by atoms with Crippen LogP contribution in [0.3, 0.4) is 0 Å². The zero-order chi connectivity index (χ0) is 13.3. The van der Waals surface area contributed by atoms with E-state index in [0.717, 1.165) is 6.07 Å². The van der Waals surface area contributed by atoms with Crippen molar-refractivity contribution in [1.29, 1.82) is 0 Å². The molecule has 0 fully saturated rings. The highest BCUT2D eigenvalue weighted by atomic mass is 19.1. The molecule has 3 nitrogen and oxygen atoms in total. The van der Waals surface area contributed by atoms with Crippen molar-refractivity contribution in [1.82, 2.24) is 9.55 Å². The fourth-order valence-electron chi connectivity index (χ4n) is 1.84. The molecule has 18 heavy (non-hydrogen) atoms. The van der Waals surface area contributed by atoms with Crippen LogP contribution < -0.4 is 5.73 Å². The molecule has 0 bridgehead atoms. The standard InChI is InChI=1S/C13H13F2N3/c1-3-4-18-8(2)17-12(13(18)16)9-5-10(14)7-11(15)6-9/h3,5-7H,1,4,16H2,2H3. The Bertz CT molecular complexity index is 582. The van der Waals surface area contributed by atoms with E-state index in [0.29, 0.717) is 29.4 Å². The summed E-state index contributed by atoms with van der Waals surface area (Å²) < 4.78 is 28.1. The number of nitrogens with two attached hydrogens (primary N) is 1. The van der Waals surface area contributed by atoms with E-state index in [1.54, 1.807) is 17.6 Å². The highest BCUT2D eigenvalue weighted by Crippen LogP contribution is 2.27. The second-order valence-electron chi connectivity index (χ2n) is 3.95. The number of benzene rings is 1. The lowest BCUT2D eigenvalue weighted by molar-refractivity contribution is 0.584. The minimum Gasteiger partial charge on any atom is -0.383 e. The van der Waals surface area contributed by atoms with Crippen LogP contribution >= 0.6 is 0 Å². The summed E-state index contributed by atoms with van der Waals surface area (Å²) in [6, 6.07) is 3.23. The maximum Gasteiger partial charge on any atom is 0.132 e. The number of nitrogens with zero attached hydrogens (tertiary/aromatic N) is 2. The molecule has 1 aromatic heterocycles. The number of rotatable bonds is 3. The first kappa shape index (κ1) is 12.3. The minimum atomic E-state index is -0.652. The monoisotopic (exact) mass is 249 g/mol. The molecule has 0 aliphatic rings. The van der Waals surface area contributed by atoms with Crippen LogP contribution in [0, 0.1) is 18.6 Å². The number of allylic oxidation sites excluding steroid dienone is 1. The predicted octanol–water partition coefficient (Wildman–Crippen LogP) is 2.90. The molecule has 1 aromatic carbocycles. The van der Waals surface area contributed by atoms with Gasteiger partial charge in [0.15, 0.2) is 0 Å². The molecule has 0 unspecified atom stereocenters. The van der Waals surface area contributed by atoms with E-state index < -0.39 is 11.6 Å². The highest BCUT2D eigenvalue weighted by molar-refractivity contribution is 5.71. The Morgan fingerprint density at radius 3 is 2.50 bits per heavy atom. The van der Waals surface area contributed by atoms with Crippen LogP contribution in [0.5, 0.6) is 0 Å². The first-order chi connectivity index (χ1) is 8.52. The normalized spacial score (nSPS) is 10.6. The lowest BCUT2D eigenvalue weighted by atomic mass is 10.1. The molecule has 0 saturated carbocycles. The van der Waals surface area contributed by atoms with Crippen molar-refractivity contribution in [2.24, 2.45) is 0 Å². The number of hydrogen-bond donors (Lipinski definition) is 1. The Hall–Kier alpha value is -2.17. The first-order valence-corrected chi connectivity index (χ1v) is 5.43. The van der Waals surface area contributed by atoms with Gasteiger partial charge in [-0.15, -0.1) is 6.58 Å². The third-order valence-electron chi connectivity index (χ3n) is 2.65. The van der Waals surface area contributed by atoms with Crippen LogP contribution in [0.15, 0.2) is 30.9 Å². The molecule has 2 aromatic rings. The van der Waals surface area contributed by atoms with Gasteiger partial charge in [0.05, 0.1) is 0 Å². The Kier molecular flexibility index (Phi) is 3.14. The Morgan fingerprint density at radius 1 is 1.33 bits per heavy atom. The Morgan fingerprint density at radius 2 is 1.94 bits per heavy atom. The third kappa shape index (κ3) is 2.11. The van der Waals surface area contributed by atoms with Crippen LogP contribution in [-0.2, 0) is 6.54 Å². The van der Waals surface area contributed by atoms with Crippen LogP contribution in [-0.4, -0.2) is 9.55 Å². The van der Waals surface area contributed by atoms with Crippen molar-refractivity contribution in [3.63, 3.8) is 0 Å².